The lowest BCUT2D eigenvalue weighted by molar-refractivity contribution is -0.137. The minimum absolute atomic E-state index is 0.0251. The fraction of sp³-hybridized carbons (Fsp3) is 0.417. The molecule has 0 amide bonds. The highest BCUT2D eigenvalue weighted by Gasteiger charge is 2.20. The van der Waals surface area contributed by atoms with Crippen molar-refractivity contribution in [2.45, 2.75) is 25.4 Å². The van der Waals surface area contributed by atoms with Crippen LogP contribution >= 0.6 is 0 Å². The molecule has 1 aliphatic heterocycles. The van der Waals surface area contributed by atoms with Crippen LogP contribution in [-0.2, 0) is 17.8 Å². The third-order valence-corrected chi connectivity index (χ3v) is 2.88. The maximum Gasteiger partial charge on any atom is 0.304 e. The number of benzene rings is 1. The van der Waals surface area contributed by atoms with Crippen molar-refractivity contribution < 1.29 is 14.6 Å². The molecule has 0 saturated carbocycles. The van der Waals surface area contributed by atoms with E-state index in [2.05, 4.69) is 5.32 Å². The number of aliphatic carboxylic acids is 1. The Balaban J connectivity index is 2.14. The summed E-state index contributed by atoms with van der Waals surface area (Å²) in [5, 5.41) is 12.0. The number of ether oxygens (including phenoxy) is 1. The predicted molar refractivity (Wildman–Crippen MR) is 59.6 cm³/mol. The number of hydrogen-bond acceptors (Lipinski definition) is 3. The molecule has 0 spiro atoms. The molecule has 1 aliphatic rings. The van der Waals surface area contributed by atoms with Crippen LogP contribution in [0.2, 0.25) is 0 Å². The first-order valence-electron chi connectivity index (χ1n) is 5.30. The zero-order chi connectivity index (χ0) is 11.5. The highest BCUT2D eigenvalue weighted by Crippen LogP contribution is 2.23. The summed E-state index contributed by atoms with van der Waals surface area (Å²) in [5.74, 6) is 0.0681. The summed E-state index contributed by atoms with van der Waals surface area (Å²) in [6.45, 7) is 0.733. The van der Waals surface area contributed by atoms with E-state index in [1.54, 1.807) is 7.11 Å². The van der Waals surface area contributed by atoms with Crippen molar-refractivity contribution in [3.8, 4) is 5.75 Å². The molecule has 1 atom stereocenters. The molecule has 1 aromatic rings. The SMILES string of the molecule is COc1ccc2c(c1)CC(CC(=O)O)NC2. The van der Waals surface area contributed by atoms with Gasteiger partial charge in [0, 0.05) is 12.6 Å². The minimum atomic E-state index is -0.760. The molecule has 2 rings (SSSR count). The van der Waals surface area contributed by atoms with Crippen LogP contribution in [-0.4, -0.2) is 24.2 Å². The zero-order valence-corrected chi connectivity index (χ0v) is 9.19. The first-order valence-corrected chi connectivity index (χ1v) is 5.30. The molecule has 0 fully saturated rings. The Hall–Kier alpha value is -1.55. The van der Waals surface area contributed by atoms with E-state index >= 15 is 0 Å². The molecule has 0 aromatic heterocycles. The van der Waals surface area contributed by atoms with Gasteiger partial charge in [-0.15, -0.1) is 0 Å². The van der Waals surface area contributed by atoms with Crippen LogP contribution in [0.4, 0.5) is 0 Å². The van der Waals surface area contributed by atoms with Crippen molar-refractivity contribution in [1.29, 1.82) is 0 Å². The van der Waals surface area contributed by atoms with E-state index in [0.29, 0.717) is 0 Å². The lowest BCUT2D eigenvalue weighted by atomic mass is 9.94. The third kappa shape index (κ3) is 2.33. The molecule has 1 aromatic carbocycles. The molecule has 16 heavy (non-hydrogen) atoms. The van der Waals surface area contributed by atoms with Crippen molar-refractivity contribution in [3.63, 3.8) is 0 Å². The Labute approximate surface area is 94.2 Å². The monoisotopic (exact) mass is 221 g/mol. The molecule has 4 heteroatoms. The van der Waals surface area contributed by atoms with Gasteiger partial charge in [-0.05, 0) is 29.7 Å². The summed E-state index contributed by atoms with van der Waals surface area (Å²) in [7, 11) is 1.64. The highest BCUT2D eigenvalue weighted by atomic mass is 16.5. The maximum atomic E-state index is 10.6. The molecule has 0 radical (unpaired) electrons. The molecule has 0 aliphatic carbocycles. The number of carbonyl (C=O) groups is 1. The van der Waals surface area contributed by atoms with Crippen molar-refractivity contribution in [1.82, 2.24) is 5.32 Å². The van der Waals surface area contributed by atoms with E-state index in [1.807, 2.05) is 18.2 Å². The average Bonchev–Trinajstić information content (AvgIpc) is 2.27. The van der Waals surface area contributed by atoms with Crippen LogP contribution in [0.25, 0.3) is 0 Å². The van der Waals surface area contributed by atoms with Crippen molar-refractivity contribution in [2.75, 3.05) is 7.11 Å². The van der Waals surface area contributed by atoms with Crippen LogP contribution < -0.4 is 10.1 Å². The predicted octanol–water partition coefficient (Wildman–Crippen LogP) is 1.18. The second-order valence-corrected chi connectivity index (χ2v) is 4.01. The number of rotatable bonds is 3. The van der Waals surface area contributed by atoms with Crippen LogP contribution in [0.3, 0.4) is 0 Å². The first-order chi connectivity index (χ1) is 7.69. The van der Waals surface area contributed by atoms with Crippen molar-refractivity contribution in [3.05, 3.63) is 29.3 Å². The fourth-order valence-corrected chi connectivity index (χ4v) is 2.04. The van der Waals surface area contributed by atoms with Gasteiger partial charge in [0.05, 0.1) is 13.5 Å². The van der Waals surface area contributed by atoms with Gasteiger partial charge in [0.1, 0.15) is 5.75 Å². The Kier molecular flexibility index (Phi) is 3.10. The summed E-state index contributed by atoms with van der Waals surface area (Å²) in [5.41, 5.74) is 2.41. The molecule has 1 unspecified atom stereocenters. The Bertz CT molecular complexity index is 403. The molecule has 2 N–H and O–H groups in total. The zero-order valence-electron chi connectivity index (χ0n) is 9.19. The van der Waals surface area contributed by atoms with Gasteiger partial charge < -0.3 is 15.2 Å². The first kappa shape index (κ1) is 11.0. The lowest BCUT2D eigenvalue weighted by Crippen LogP contribution is -2.37. The maximum absolute atomic E-state index is 10.6. The number of nitrogens with one attached hydrogen (secondary N) is 1. The molecule has 1 heterocycles. The lowest BCUT2D eigenvalue weighted by Gasteiger charge is -2.25. The number of carboxylic acid groups (broad SMARTS) is 1. The summed E-state index contributed by atoms with van der Waals surface area (Å²) in [4.78, 5) is 10.6. The van der Waals surface area contributed by atoms with Gasteiger partial charge in [-0.2, -0.15) is 0 Å². The third-order valence-electron chi connectivity index (χ3n) is 2.88. The Morgan fingerprint density at radius 3 is 3.06 bits per heavy atom. The minimum Gasteiger partial charge on any atom is -0.497 e. The molecule has 0 saturated heterocycles. The van der Waals surface area contributed by atoms with Crippen molar-refractivity contribution >= 4 is 5.97 Å². The van der Waals surface area contributed by atoms with Gasteiger partial charge in [0.2, 0.25) is 0 Å². The summed E-state index contributed by atoms with van der Waals surface area (Å²) in [6, 6.07) is 5.97. The second kappa shape index (κ2) is 4.53. The second-order valence-electron chi connectivity index (χ2n) is 4.01. The van der Waals surface area contributed by atoms with E-state index in [0.717, 1.165) is 18.7 Å². The molecular weight excluding hydrogens is 206 g/mol. The Morgan fingerprint density at radius 2 is 2.38 bits per heavy atom. The van der Waals surface area contributed by atoms with Crippen molar-refractivity contribution in [2.24, 2.45) is 0 Å². The van der Waals surface area contributed by atoms with Crippen LogP contribution in [0.15, 0.2) is 18.2 Å². The van der Waals surface area contributed by atoms with Gasteiger partial charge in [-0.3, -0.25) is 4.79 Å². The Morgan fingerprint density at radius 1 is 1.56 bits per heavy atom. The topological polar surface area (TPSA) is 58.6 Å². The van der Waals surface area contributed by atoms with Gasteiger partial charge in [-0.1, -0.05) is 6.07 Å². The number of hydrogen-bond donors (Lipinski definition) is 2. The fourth-order valence-electron chi connectivity index (χ4n) is 2.04. The van der Waals surface area contributed by atoms with E-state index in [9.17, 15) is 4.79 Å². The highest BCUT2D eigenvalue weighted by molar-refractivity contribution is 5.67. The van der Waals surface area contributed by atoms with Crippen LogP contribution in [0, 0.1) is 0 Å². The standard InChI is InChI=1S/C12H15NO3/c1-16-11-3-2-8-7-13-10(6-12(14)15)4-9(8)5-11/h2-3,5,10,13H,4,6-7H2,1H3,(H,14,15). The van der Waals surface area contributed by atoms with Crippen LogP contribution in [0.5, 0.6) is 5.75 Å². The normalized spacial score (nSPS) is 18.9. The summed E-state index contributed by atoms with van der Waals surface area (Å²) < 4.78 is 5.16. The number of methoxy groups -OCH3 is 1. The van der Waals surface area contributed by atoms with E-state index < -0.39 is 5.97 Å². The summed E-state index contributed by atoms with van der Waals surface area (Å²) >= 11 is 0. The average molecular weight is 221 g/mol. The number of carboxylic acids is 1. The van der Waals surface area contributed by atoms with E-state index in [1.165, 1.54) is 11.1 Å². The molecule has 86 valence electrons. The van der Waals surface area contributed by atoms with Gasteiger partial charge in [0.25, 0.3) is 0 Å². The molecule has 4 nitrogen and oxygen atoms in total. The smallest absolute Gasteiger partial charge is 0.304 e. The summed E-state index contributed by atoms with van der Waals surface area (Å²) in [6.07, 6.45) is 0.912. The van der Waals surface area contributed by atoms with E-state index in [-0.39, 0.29) is 12.5 Å². The van der Waals surface area contributed by atoms with Gasteiger partial charge in [-0.25, -0.2) is 0 Å². The van der Waals surface area contributed by atoms with E-state index in [4.69, 9.17) is 9.84 Å². The largest absolute Gasteiger partial charge is 0.497 e. The quantitative estimate of drug-likeness (QED) is 0.804. The molecular formula is C12H15NO3. The van der Waals surface area contributed by atoms with Gasteiger partial charge in [0.15, 0.2) is 0 Å². The number of fused-ring (bicyclic) bond motifs is 1. The van der Waals surface area contributed by atoms with Gasteiger partial charge >= 0.3 is 5.97 Å². The molecule has 0 bridgehead atoms. The van der Waals surface area contributed by atoms with Crippen LogP contribution in [0.1, 0.15) is 17.5 Å².